The van der Waals surface area contributed by atoms with Gasteiger partial charge in [0.25, 0.3) is 0 Å². The van der Waals surface area contributed by atoms with Gasteiger partial charge in [-0.15, -0.1) is 0 Å². The maximum Gasteiger partial charge on any atom is 0.218 e. The first kappa shape index (κ1) is 13.1. The fraction of sp³-hybridized carbons (Fsp3) is 0.600. The monoisotopic (exact) mass is 279 g/mol. The molecule has 2 fully saturated rings. The van der Waals surface area contributed by atoms with Crippen LogP contribution in [-0.2, 0) is 15.8 Å². The maximum atomic E-state index is 12.6. The van der Waals surface area contributed by atoms with Crippen molar-refractivity contribution in [1.82, 2.24) is 4.31 Å². The molecule has 2 aliphatic rings. The van der Waals surface area contributed by atoms with Crippen LogP contribution in [0.1, 0.15) is 37.7 Å². The Morgan fingerprint density at radius 2 is 1.79 bits per heavy atom. The fourth-order valence-corrected chi connectivity index (χ4v) is 5.15. The predicted octanol–water partition coefficient (Wildman–Crippen LogP) is 2.78. The van der Waals surface area contributed by atoms with Crippen molar-refractivity contribution < 1.29 is 8.42 Å². The second-order valence-corrected chi connectivity index (χ2v) is 7.67. The third kappa shape index (κ3) is 2.70. The molecule has 0 radical (unpaired) electrons. The van der Waals surface area contributed by atoms with Crippen LogP contribution < -0.4 is 0 Å². The van der Waals surface area contributed by atoms with Crippen LogP contribution in [0.25, 0.3) is 0 Å². The quantitative estimate of drug-likeness (QED) is 0.850. The van der Waals surface area contributed by atoms with Gasteiger partial charge in [0.05, 0.1) is 5.75 Å². The molecular formula is C15H21NO2S. The van der Waals surface area contributed by atoms with E-state index in [1.54, 1.807) is 4.31 Å². The molecule has 0 N–H and O–H groups in total. The Hall–Kier alpha value is -0.870. The standard InChI is InChI=1S/C15H21NO2S/c17-19(18,12-13-6-2-1-3-7-13)16-11-5-10-15(16)14-8-4-9-14/h1-3,6-7,14-15H,4-5,8-12H2. The minimum absolute atomic E-state index is 0.150. The zero-order valence-corrected chi connectivity index (χ0v) is 12.0. The van der Waals surface area contributed by atoms with Crippen molar-refractivity contribution in [3.63, 3.8) is 0 Å². The SMILES string of the molecule is O=S(=O)(Cc1ccccc1)N1CCCC1C1CCC1. The number of sulfonamides is 1. The summed E-state index contributed by atoms with van der Waals surface area (Å²) < 4.78 is 27.0. The lowest BCUT2D eigenvalue weighted by Crippen LogP contribution is -2.42. The molecule has 0 amide bonds. The second kappa shape index (κ2) is 5.25. The molecule has 3 nitrogen and oxygen atoms in total. The Morgan fingerprint density at radius 3 is 2.42 bits per heavy atom. The summed E-state index contributed by atoms with van der Waals surface area (Å²) in [6, 6.07) is 9.79. The average molecular weight is 279 g/mol. The van der Waals surface area contributed by atoms with E-state index in [1.807, 2.05) is 30.3 Å². The fourth-order valence-electron chi connectivity index (χ4n) is 3.27. The molecular weight excluding hydrogens is 258 g/mol. The van der Waals surface area contributed by atoms with Crippen LogP contribution >= 0.6 is 0 Å². The molecule has 1 aromatic carbocycles. The van der Waals surface area contributed by atoms with E-state index in [-0.39, 0.29) is 11.8 Å². The first-order valence-corrected chi connectivity index (χ1v) is 8.81. The average Bonchev–Trinajstić information content (AvgIpc) is 2.77. The van der Waals surface area contributed by atoms with Crippen molar-refractivity contribution in [2.45, 2.75) is 43.9 Å². The summed E-state index contributed by atoms with van der Waals surface area (Å²) in [5.74, 6) is 0.768. The molecule has 4 heteroatoms. The van der Waals surface area contributed by atoms with Crippen LogP contribution in [0.15, 0.2) is 30.3 Å². The normalized spacial score (nSPS) is 25.4. The molecule has 3 rings (SSSR count). The van der Waals surface area contributed by atoms with Crippen molar-refractivity contribution >= 4 is 10.0 Å². The molecule has 0 aromatic heterocycles. The summed E-state index contributed by atoms with van der Waals surface area (Å²) in [7, 11) is -3.15. The third-order valence-corrected chi connectivity index (χ3v) is 6.36. The molecule has 1 aliphatic heterocycles. The second-order valence-electron chi connectivity index (χ2n) is 5.75. The van der Waals surface area contributed by atoms with Crippen LogP contribution in [0.4, 0.5) is 0 Å². The summed E-state index contributed by atoms with van der Waals surface area (Å²) in [5, 5.41) is 0. The number of hydrogen-bond donors (Lipinski definition) is 0. The summed E-state index contributed by atoms with van der Waals surface area (Å²) in [5.41, 5.74) is 0.891. The lowest BCUT2D eigenvalue weighted by molar-refractivity contribution is 0.191. The van der Waals surface area contributed by atoms with E-state index in [2.05, 4.69) is 0 Å². The lowest BCUT2D eigenvalue weighted by atomic mass is 9.79. The van der Waals surface area contributed by atoms with Crippen LogP contribution in [0.5, 0.6) is 0 Å². The highest BCUT2D eigenvalue weighted by Gasteiger charge is 2.40. The first-order chi connectivity index (χ1) is 9.17. The van der Waals surface area contributed by atoms with Crippen molar-refractivity contribution in [2.75, 3.05) is 6.54 Å². The van der Waals surface area contributed by atoms with Gasteiger partial charge in [0.15, 0.2) is 0 Å². The highest BCUT2D eigenvalue weighted by Crippen LogP contribution is 2.38. The van der Waals surface area contributed by atoms with Gasteiger partial charge in [0.1, 0.15) is 0 Å². The highest BCUT2D eigenvalue weighted by molar-refractivity contribution is 7.88. The van der Waals surface area contributed by atoms with Crippen LogP contribution in [-0.4, -0.2) is 25.3 Å². The Morgan fingerprint density at radius 1 is 1.05 bits per heavy atom. The third-order valence-electron chi connectivity index (χ3n) is 4.49. The molecule has 0 bridgehead atoms. The number of rotatable bonds is 4. The number of nitrogens with zero attached hydrogens (tertiary/aromatic N) is 1. The molecule has 0 spiro atoms. The molecule has 104 valence electrons. The summed E-state index contributed by atoms with van der Waals surface area (Å²) >= 11 is 0. The van der Waals surface area contributed by atoms with E-state index in [0.717, 1.165) is 24.9 Å². The van der Waals surface area contributed by atoms with E-state index < -0.39 is 10.0 Å². The molecule has 1 atom stereocenters. The Labute approximate surface area is 115 Å². The predicted molar refractivity (Wildman–Crippen MR) is 76.1 cm³/mol. The molecule has 19 heavy (non-hydrogen) atoms. The topological polar surface area (TPSA) is 37.4 Å². The smallest absolute Gasteiger partial charge is 0.212 e. The molecule has 1 saturated heterocycles. The van der Waals surface area contributed by atoms with Gasteiger partial charge in [-0.3, -0.25) is 0 Å². The van der Waals surface area contributed by atoms with Crippen molar-refractivity contribution in [2.24, 2.45) is 5.92 Å². The maximum absolute atomic E-state index is 12.6. The Balaban J connectivity index is 1.75. The van der Waals surface area contributed by atoms with Crippen molar-refractivity contribution in [1.29, 1.82) is 0 Å². The van der Waals surface area contributed by atoms with E-state index in [4.69, 9.17) is 0 Å². The van der Waals surface area contributed by atoms with Crippen molar-refractivity contribution in [3.05, 3.63) is 35.9 Å². The Kier molecular flexibility index (Phi) is 3.63. The molecule has 1 saturated carbocycles. The molecule has 1 aliphatic carbocycles. The zero-order chi connectivity index (χ0) is 13.3. The van der Waals surface area contributed by atoms with Crippen LogP contribution in [0.2, 0.25) is 0 Å². The van der Waals surface area contributed by atoms with Gasteiger partial charge in [0.2, 0.25) is 10.0 Å². The van der Waals surface area contributed by atoms with Crippen LogP contribution in [0, 0.1) is 5.92 Å². The molecule has 1 heterocycles. The van der Waals surface area contributed by atoms with Crippen LogP contribution in [0.3, 0.4) is 0 Å². The van der Waals surface area contributed by atoms with Gasteiger partial charge in [0, 0.05) is 12.6 Å². The van der Waals surface area contributed by atoms with Gasteiger partial charge in [-0.1, -0.05) is 36.8 Å². The highest BCUT2D eigenvalue weighted by atomic mass is 32.2. The van der Waals surface area contributed by atoms with E-state index in [9.17, 15) is 8.42 Å². The largest absolute Gasteiger partial charge is 0.218 e. The summed E-state index contributed by atoms with van der Waals surface area (Å²) in [4.78, 5) is 0. The van der Waals surface area contributed by atoms with Gasteiger partial charge in [-0.25, -0.2) is 8.42 Å². The minimum atomic E-state index is -3.15. The number of benzene rings is 1. The lowest BCUT2D eigenvalue weighted by Gasteiger charge is -2.36. The minimum Gasteiger partial charge on any atom is -0.212 e. The first-order valence-electron chi connectivity index (χ1n) is 7.20. The summed E-state index contributed by atoms with van der Waals surface area (Å²) in [6.07, 6.45) is 5.77. The number of hydrogen-bond acceptors (Lipinski definition) is 2. The zero-order valence-electron chi connectivity index (χ0n) is 11.2. The van der Waals surface area contributed by atoms with Gasteiger partial charge in [-0.2, -0.15) is 4.31 Å². The molecule has 1 aromatic rings. The summed E-state index contributed by atoms with van der Waals surface area (Å²) in [6.45, 7) is 0.719. The van der Waals surface area contributed by atoms with Gasteiger partial charge < -0.3 is 0 Å². The van der Waals surface area contributed by atoms with E-state index in [1.165, 1.54) is 19.3 Å². The molecule has 1 unspecified atom stereocenters. The van der Waals surface area contributed by atoms with Gasteiger partial charge in [-0.05, 0) is 37.2 Å². The van der Waals surface area contributed by atoms with Gasteiger partial charge >= 0.3 is 0 Å². The Bertz CT molecular complexity index is 522. The van der Waals surface area contributed by atoms with E-state index in [0.29, 0.717) is 5.92 Å². The van der Waals surface area contributed by atoms with Crippen molar-refractivity contribution in [3.8, 4) is 0 Å². The van der Waals surface area contributed by atoms with E-state index >= 15 is 0 Å².